The van der Waals surface area contributed by atoms with Crippen molar-refractivity contribution in [1.29, 1.82) is 0 Å². The number of hydrogen-bond donors (Lipinski definition) is 2. The molecule has 0 saturated carbocycles. The lowest BCUT2D eigenvalue weighted by Crippen LogP contribution is -2.31. The molecule has 3 N–H and O–H groups in total. The molecule has 0 bridgehead atoms. The minimum absolute atomic E-state index is 0.0528. The number of pyridine rings is 1. The molecule has 3 nitrogen and oxygen atoms in total. The highest BCUT2D eigenvalue weighted by atomic mass is 79.9. The molecule has 0 aliphatic carbocycles. The number of nitrogens with zero attached hydrogens (tertiary/aromatic N) is 1. The van der Waals surface area contributed by atoms with Crippen LogP contribution in [0.4, 0.5) is 8.78 Å². The number of halogens is 3. The molecule has 0 spiro atoms. The fourth-order valence-electron chi connectivity index (χ4n) is 1.66. The van der Waals surface area contributed by atoms with Crippen molar-refractivity contribution in [2.24, 2.45) is 5.84 Å². The van der Waals surface area contributed by atoms with Crippen molar-refractivity contribution in [3.63, 3.8) is 0 Å². The number of benzene rings is 1. The second kappa shape index (κ2) is 5.51. The number of nitrogens with two attached hydrogens (primary N) is 1. The van der Waals surface area contributed by atoms with E-state index in [0.29, 0.717) is 4.47 Å². The quantitative estimate of drug-likeness (QED) is 0.676. The summed E-state index contributed by atoms with van der Waals surface area (Å²) in [5.41, 5.74) is 2.66. The number of aromatic nitrogens is 1. The van der Waals surface area contributed by atoms with Gasteiger partial charge >= 0.3 is 0 Å². The van der Waals surface area contributed by atoms with Gasteiger partial charge in [0, 0.05) is 16.2 Å². The highest BCUT2D eigenvalue weighted by Crippen LogP contribution is 2.26. The molecule has 0 amide bonds. The summed E-state index contributed by atoms with van der Waals surface area (Å²) in [7, 11) is 0. The van der Waals surface area contributed by atoms with Gasteiger partial charge < -0.3 is 0 Å². The molecule has 94 valence electrons. The Balaban J connectivity index is 2.52. The molecule has 6 heteroatoms. The van der Waals surface area contributed by atoms with Crippen LogP contribution >= 0.6 is 15.9 Å². The highest BCUT2D eigenvalue weighted by molar-refractivity contribution is 9.10. The normalized spacial score (nSPS) is 12.4. The van der Waals surface area contributed by atoms with E-state index in [1.54, 1.807) is 6.07 Å². The third-order valence-electron chi connectivity index (χ3n) is 2.50. The van der Waals surface area contributed by atoms with Crippen LogP contribution in [-0.4, -0.2) is 4.98 Å². The van der Waals surface area contributed by atoms with Crippen LogP contribution in [0.25, 0.3) is 0 Å². The molecular formula is C12H10BrF2N3. The van der Waals surface area contributed by atoms with E-state index in [2.05, 4.69) is 26.3 Å². The van der Waals surface area contributed by atoms with E-state index in [9.17, 15) is 8.78 Å². The molecule has 1 atom stereocenters. The highest BCUT2D eigenvalue weighted by Gasteiger charge is 2.21. The number of hydrogen-bond acceptors (Lipinski definition) is 3. The van der Waals surface area contributed by atoms with Gasteiger partial charge in [0.05, 0.1) is 11.7 Å². The van der Waals surface area contributed by atoms with E-state index in [1.807, 2.05) is 0 Å². The Morgan fingerprint density at radius 1 is 1.22 bits per heavy atom. The van der Waals surface area contributed by atoms with E-state index < -0.39 is 17.7 Å². The summed E-state index contributed by atoms with van der Waals surface area (Å²) in [5, 5.41) is 0. The maximum atomic E-state index is 13.8. The van der Waals surface area contributed by atoms with E-state index in [0.717, 1.165) is 0 Å². The summed E-state index contributed by atoms with van der Waals surface area (Å²) in [6, 6.07) is 6.25. The largest absolute Gasteiger partial charge is 0.271 e. The van der Waals surface area contributed by atoms with E-state index in [-0.39, 0.29) is 11.3 Å². The first-order valence-corrected chi connectivity index (χ1v) is 5.94. The third-order valence-corrected chi connectivity index (χ3v) is 2.99. The SMILES string of the molecule is NNC(c1cc(Br)ccc1F)c1ncccc1F. The molecular weight excluding hydrogens is 304 g/mol. The lowest BCUT2D eigenvalue weighted by molar-refractivity contribution is 0.518. The smallest absolute Gasteiger partial charge is 0.146 e. The lowest BCUT2D eigenvalue weighted by Gasteiger charge is -2.17. The van der Waals surface area contributed by atoms with E-state index in [1.165, 1.54) is 30.5 Å². The second-order valence-corrected chi connectivity index (χ2v) is 4.55. The summed E-state index contributed by atoms with van der Waals surface area (Å²) < 4.78 is 28.1. The summed E-state index contributed by atoms with van der Waals surface area (Å²) in [4.78, 5) is 3.90. The lowest BCUT2D eigenvalue weighted by atomic mass is 10.0. The predicted octanol–water partition coefficient (Wildman–Crippen LogP) is 2.68. The Hall–Kier alpha value is -1.37. The van der Waals surface area contributed by atoms with Crippen LogP contribution in [0.2, 0.25) is 0 Å². The van der Waals surface area contributed by atoms with Crippen LogP contribution in [-0.2, 0) is 0 Å². The zero-order chi connectivity index (χ0) is 13.1. The van der Waals surface area contributed by atoms with Gasteiger partial charge in [0.25, 0.3) is 0 Å². The van der Waals surface area contributed by atoms with E-state index >= 15 is 0 Å². The first-order valence-electron chi connectivity index (χ1n) is 5.15. The zero-order valence-corrected chi connectivity index (χ0v) is 10.8. The Kier molecular flexibility index (Phi) is 4.00. The topological polar surface area (TPSA) is 50.9 Å². The standard InChI is InChI=1S/C12H10BrF2N3/c13-7-3-4-9(14)8(6-7)11(18-16)12-10(15)2-1-5-17-12/h1-6,11,18H,16H2. The minimum atomic E-state index is -0.844. The molecule has 1 aromatic heterocycles. The van der Waals surface area contributed by atoms with Crippen molar-refractivity contribution in [1.82, 2.24) is 10.4 Å². The first-order chi connectivity index (χ1) is 8.63. The van der Waals surface area contributed by atoms with Gasteiger partial charge in [0.2, 0.25) is 0 Å². The minimum Gasteiger partial charge on any atom is -0.271 e. The van der Waals surface area contributed by atoms with Crippen LogP contribution < -0.4 is 11.3 Å². The number of rotatable bonds is 3. The summed E-state index contributed by atoms with van der Waals surface area (Å²) in [5.74, 6) is 4.36. The third kappa shape index (κ3) is 2.55. The van der Waals surface area contributed by atoms with Gasteiger partial charge in [-0.3, -0.25) is 10.8 Å². The molecule has 0 fully saturated rings. The zero-order valence-electron chi connectivity index (χ0n) is 9.20. The Morgan fingerprint density at radius 2 is 2.00 bits per heavy atom. The maximum absolute atomic E-state index is 13.8. The molecule has 0 aliphatic rings. The predicted molar refractivity (Wildman–Crippen MR) is 67.5 cm³/mol. The van der Waals surface area contributed by atoms with Crippen LogP contribution in [0.15, 0.2) is 41.0 Å². The van der Waals surface area contributed by atoms with Crippen molar-refractivity contribution in [2.45, 2.75) is 6.04 Å². The molecule has 18 heavy (non-hydrogen) atoms. The Bertz CT molecular complexity index is 563. The summed E-state index contributed by atoms with van der Waals surface area (Å²) >= 11 is 3.24. The van der Waals surface area contributed by atoms with Gasteiger partial charge in [0.1, 0.15) is 11.6 Å². The monoisotopic (exact) mass is 313 g/mol. The van der Waals surface area contributed by atoms with Gasteiger partial charge in [-0.15, -0.1) is 0 Å². The van der Waals surface area contributed by atoms with Crippen molar-refractivity contribution in [3.8, 4) is 0 Å². The van der Waals surface area contributed by atoms with Gasteiger partial charge in [0.15, 0.2) is 0 Å². The summed E-state index contributed by atoms with van der Waals surface area (Å²) in [6.07, 6.45) is 1.43. The fourth-order valence-corrected chi connectivity index (χ4v) is 2.04. The molecule has 0 radical (unpaired) electrons. The van der Waals surface area contributed by atoms with Crippen LogP contribution in [0.5, 0.6) is 0 Å². The maximum Gasteiger partial charge on any atom is 0.146 e. The van der Waals surface area contributed by atoms with Gasteiger partial charge in [-0.25, -0.2) is 14.2 Å². The van der Waals surface area contributed by atoms with Gasteiger partial charge in [-0.2, -0.15) is 0 Å². The average Bonchev–Trinajstić information content (AvgIpc) is 2.36. The Labute approximate surface area is 111 Å². The van der Waals surface area contributed by atoms with Gasteiger partial charge in [-0.05, 0) is 30.3 Å². The van der Waals surface area contributed by atoms with Crippen molar-refractivity contribution in [3.05, 3.63) is 63.9 Å². The number of hydrazine groups is 1. The molecule has 2 rings (SSSR count). The molecule has 1 unspecified atom stereocenters. The van der Waals surface area contributed by atoms with Crippen molar-refractivity contribution < 1.29 is 8.78 Å². The second-order valence-electron chi connectivity index (χ2n) is 3.64. The molecule has 1 heterocycles. The molecule has 0 aliphatic heterocycles. The molecule has 2 aromatic rings. The average molecular weight is 314 g/mol. The summed E-state index contributed by atoms with van der Waals surface area (Å²) in [6.45, 7) is 0. The Morgan fingerprint density at radius 3 is 2.67 bits per heavy atom. The molecule has 0 saturated heterocycles. The van der Waals surface area contributed by atoms with Crippen molar-refractivity contribution in [2.75, 3.05) is 0 Å². The van der Waals surface area contributed by atoms with Crippen LogP contribution in [0, 0.1) is 11.6 Å². The molecule has 1 aromatic carbocycles. The number of nitrogens with one attached hydrogen (secondary N) is 1. The van der Waals surface area contributed by atoms with Gasteiger partial charge in [-0.1, -0.05) is 15.9 Å². The van der Waals surface area contributed by atoms with Crippen molar-refractivity contribution >= 4 is 15.9 Å². The van der Waals surface area contributed by atoms with Crippen LogP contribution in [0.1, 0.15) is 17.3 Å². The fraction of sp³-hybridized carbons (Fsp3) is 0.0833. The first kappa shape index (κ1) is 13.1. The van der Waals surface area contributed by atoms with Crippen LogP contribution in [0.3, 0.4) is 0 Å². The van der Waals surface area contributed by atoms with E-state index in [4.69, 9.17) is 5.84 Å².